The number of hydrogen-bond donors (Lipinski definition) is 1. The number of carbonyl (C=O) groups is 2. The summed E-state index contributed by atoms with van der Waals surface area (Å²) in [6.07, 6.45) is 1.19. The van der Waals surface area contributed by atoms with Gasteiger partial charge in [-0.2, -0.15) is 0 Å². The molecule has 1 aromatic carbocycles. The number of carboxylic acids is 1. The molecule has 0 aromatic heterocycles. The molecule has 1 rings (SSSR count). The van der Waals surface area contributed by atoms with Crippen LogP contribution in [0.15, 0.2) is 24.3 Å². The van der Waals surface area contributed by atoms with Crippen LogP contribution in [0.25, 0.3) is 0 Å². The first-order valence-electron chi connectivity index (χ1n) is 3.59. The lowest BCUT2D eigenvalue weighted by Crippen LogP contribution is -2.09. The third-order valence-electron chi connectivity index (χ3n) is 1.52. The van der Waals surface area contributed by atoms with Crippen molar-refractivity contribution in [2.75, 3.05) is 0 Å². The van der Waals surface area contributed by atoms with Crippen LogP contribution in [-0.4, -0.2) is 17.0 Å². The molecular formula is C9H5NO4. The normalized spacial score (nSPS) is 8.79. The largest absolute Gasteiger partial charge is 0.478 e. The summed E-state index contributed by atoms with van der Waals surface area (Å²) in [6.45, 7) is 0. The highest BCUT2D eigenvalue weighted by atomic mass is 16.5. The smallest absolute Gasteiger partial charge is 0.354 e. The van der Waals surface area contributed by atoms with Gasteiger partial charge in [0.15, 0.2) is 0 Å². The second kappa shape index (κ2) is 4.05. The number of nitriles is 1. The number of ether oxygens (including phenoxy) is 1. The summed E-state index contributed by atoms with van der Waals surface area (Å²) in [6, 6.07) is 5.51. The standard InChI is InChI=1S/C9H5NO4/c10-5-14-9(13)7-4-2-1-3-6(7)8(11)12/h1-4H,(H,11,12). The predicted molar refractivity (Wildman–Crippen MR) is 44.4 cm³/mol. The predicted octanol–water partition coefficient (Wildman–Crippen LogP) is 1.02. The molecule has 0 heterocycles. The van der Waals surface area contributed by atoms with Gasteiger partial charge in [0.1, 0.15) is 0 Å². The molecule has 0 radical (unpaired) electrons. The molecule has 0 atom stereocenters. The van der Waals surface area contributed by atoms with Crippen molar-refractivity contribution in [3.05, 3.63) is 35.4 Å². The van der Waals surface area contributed by atoms with Crippen molar-refractivity contribution in [3.8, 4) is 6.26 Å². The first-order valence-corrected chi connectivity index (χ1v) is 3.59. The SMILES string of the molecule is N#COC(=O)c1ccccc1C(=O)O. The zero-order valence-corrected chi connectivity index (χ0v) is 6.93. The molecule has 0 fully saturated rings. The molecule has 1 N–H and O–H groups in total. The first-order chi connectivity index (χ1) is 6.66. The van der Waals surface area contributed by atoms with E-state index in [1.54, 1.807) is 0 Å². The average Bonchev–Trinajstić information content (AvgIpc) is 2.18. The lowest BCUT2D eigenvalue weighted by atomic mass is 10.1. The molecule has 5 heteroatoms. The van der Waals surface area contributed by atoms with Gasteiger partial charge >= 0.3 is 11.9 Å². The van der Waals surface area contributed by atoms with Crippen molar-refractivity contribution in [2.45, 2.75) is 0 Å². The van der Waals surface area contributed by atoms with Crippen molar-refractivity contribution < 1.29 is 19.4 Å². The lowest BCUT2D eigenvalue weighted by Gasteiger charge is -2.00. The molecule has 70 valence electrons. The number of aromatic carboxylic acids is 1. The van der Waals surface area contributed by atoms with E-state index in [9.17, 15) is 9.59 Å². The summed E-state index contributed by atoms with van der Waals surface area (Å²) >= 11 is 0. The van der Waals surface area contributed by atoms with Crippen LogP contribution in [0.5, 0.6) is 0 Å². The summed E-state index contributed by atoms with van der Waals surface area (Å²) in [5.74, 6) is -2.21. The Labute approximate surface area is 79.1 Å². The van der Waals surface area contributed by atoms with Gasteiger partial charge in [0.05, 0.1) is 11.1 Å². The van der Waals surface area contributed by atoms with Crippen LogP contribution in [0, 0.1) is 11.5 Å². The summed E-state index contributed by atoms with van der Waals surface area (Å²) in [4.78, 5) is 21.7. The quantitative estimate of drug-likeness (QED) is 0.557. The molecule has 14 heavy (non-hydrogen) atoms. The molecule has 0 aliphatic rings. The number of esters is 1. The second-order valence-corrected chi connectivity index (χ2v) is 2.33. The number of carbonyl (C=O) groups excluding carboxylic acids is 1. The van der Waals surface area contributed by atoms with E-state index in [0.29, 0.717) is 0 Å². The van der Waals surface area contributed by atoms with Crippen LogP contribution >= 0.6 is 0 Å². The van der Waals surface area contributed by atoms with E-state index in [-0.39, 0.29) is 11.1 Å². The van der Waals surface area contributed by atoms with E-state index < -0.39 is 11.9 Å². The third kappa shape index (κ3) is 1.87. The number of hydrogen-bond acceptors (Lipinski definition) is 4. The Morgan fingerprint density at radius 2 is 1.86 bits per heavy atom. The van der Waals surface area contributed by atoms with E-state index in [1.165, 1.54) is 30.5 Å². The van der Waals surface area contributed by atoms with Crippen LogP contribution in [0.1, 0.15) is 20.7 Å². The number of benzene rings is 1. The molecular weight excluding hydrogens is 186 g/mol. The topological polar surface area (TPSA) is 87.4 Å². The van der Waals surface area contributed by atoms with Gasteiger partial charge in [-0.05, 0) is 12.1 Å². The Balaban J connectivity index is 3.15. The number of carboxylic acid groups (broad SMARTS) is 1. The Morgan fingerprint density at radius 1 is 1.29 bits per heavy atom. The molecule has 0 aliphatic carbocycles. The first kappa shape index (κ1) is 9.74. The van der Waals surface area contributed by atoms with Crippen LogP contribution in [-0.2, 0) is 4.74 Å². The van der Waals surface area contributed by atoms with E-state index in [4.69, 9.17) is 10.4 Å². The molecule has 0 saturated carbocycles. The van der Waals surface area contributed by atoms with Gasteiger partial charge in [-0.1, -0.05) is 12.1 Å². The summed E-state index contributed by atoms with van der Waals surface area (Å²) in [5.41, 5.74) is -0.325. The molecule has 0 spiro atoms. The highest BCUT2D eigenvalue weighted by molar-refractivity contribution is 6.02. The second-order valence-electron chi connectivity index (χ2n) is 2.33. The Morgan fingerprint density at radius 3 is 2.36 bits per heavy atom. The molecule has 0 unspecified atom stereocenters. The van der Waals surface area contributed by atoms with E-state index in [0.717, 1.165) is 0 Å². The average molecular weight is 191 g/mol. The highest BCUT2D eigenvalue weighted by Gasteiger charge is 2.16. The third-order valence-corrected chi connectivity index (χ3v) is 1.52. The molecule has 5 nitrogen and oxygen atoms in total. The van der Waals surface area contributed by atoms with Gasteiger partial charge in [-0.15, -0.1) is 5.26 Å². The fourth-order valence-electron chi connectivity index (χ4n) is 0.944. The number of rotatable bonds is 2. The van der Waals surface area contributed by atoms with Gasteiger partial charge in [0, 0.05) is 0 Å². The van der Waals surface area contributed by atoms with Crippen molar-refractivity contribution >= 4 is 11.9 Å². The van der Waals surface area contributed by atoms with Crippen molar-refractivity contribution in [3.63, 3.8) is 0 Å². The Bertz CT molecular complexity index is 419. The van der Waals surface area contributed by atoms with E-state index in [1.807, 2.05) is 0 Å². The lowest BCUT2D eigenvalue weighted by molar-refractivity contribution is 0.0646. The van der Waals surface area contributed by atoms with Gasteiger partial charge in [-0.3, -0.25) is 0 Å². The fraction of sp³-hybridized carbons (Fsp3) is 0. The van der Waals surface area contributed by atoms with Crippen molar-refractivity contribution in [2.24, 2.45) is 0 Å². The maximum absolute atomic E-state index is 11.1. The maximum atomic E-state index is 11.1. The Kier molecular flexibility index (Phi) is 2.82. The minimum absolute atomic E-state index is 0.137. The van der Waals surface area contributed by atoms with Gasteiger partial charge in [0.2, 0.25) is 0 Å². The summed E-state index contributed by atoms with van der Waals surface area (Å²) < 4.78 is 4.02. The highest BCUT2D eigenvalue weighted by Crippen LogP contribution is 2.09. The maximum Gasteiger partial charge on any atom is 0.354 e. The summed E-state index contributed by atoms with van der Waals surface area (Å²) in [7, 11) is 0. The summed E-state index contributed by atoms with van der Waals surface area (Å²) in [5, 5.41) is 16.8. The molecule has 0 aliphatic heterocycles. The van der Waals surface area contributed by atoms with E-state index >= 15 is 0 Å². The minimum Gasteiger partial charge on any atom is -0.478 e. The molecule has 0 bridgehead atoms. The van der Waals surface area contributed by atoms with Gasteiger partial charge in [-0.25, -0.2) is 9.59 Å². The minimum atomic E-state index is -1.24. The number of nitrogens with zero attached hydrogens (tertiary/aromatic N) is 1. The van der Waals surface area contributed by atoms with Crippen LogP contribution < -0.4 is 0 Å². The monoisotopic (exact) mass is 191 g/mol. The zero-order chi connectivity index (χ0) is 10.6. The van der Waals surface area contributed by atoms with Crippen molar-refractivity contribution in [1.29, 1.82) is 5.26 Å². The van der Waals surface area contributed by atoms with Crippen LogP contribution in [0.3, 0.4) is 0 Å². The molecule has 1 aromatic rings. The van der Waals surface area contributed by atoms with Crippen LogP contribution in [0.4, 0.5) is 0 Å². The Hall–Kier alpha value is -2.35. The van der Waals surface area contributed by atoms with Crippen LogP contribution in [0.2, 0.25) is 0 Å². The zero-order valence-electron chi connectivity index (χ0n) is 6.93. The fourth-order valence-corrected chi connectivity index (χ4v) is 0.944. The molecule has 0 saturated heterocycles. The van der Waals surface area contributed by atoms with Crippen molar-refractivity contribution in [1.82, 2.24) is 0 Å². The van der Waals surface area contributed by atoms with Gasteiger partial charge < -0.3 is 9.84 Å². The molecule has 0 amide bonds. The van der Waals surface area contributed by atoms with Gasteiger partial charge in [0.25, 0.3) is 6.26 Å². The van der Waals surface area contributed by atoms with E-state index in [2.05, 4.69) is 4.74 Å².